The summed E-state index contributed by atoms with van der Waals surface area (Å²) in [6.45, 7) is 5.22. The molecule has 206 valence electrons. The molecule has 9 heteroatoms. The molecule has 3 aliphatic rings. The highest BCUT2D eigenvalue weighted by Crippen LogP contribution is 2.54. The molecule has 9 nitrogen and oxygen atoms in total. The third-order valence-corrected chi connectivity index (χ3v) is 8.89. The highest BCUT2D eigenvalue weighted by molar-refractivity contribution is 6.26. The van der Waals surface area contributed by atoms with Gasteiger partial charge in [0.15, 0.2) is 0 Å². The van der Waals surface area contributed by atoms with Gasteiger partial charge in [0.1, 0.15) is 11.3 Å². The number of benzene rings is 3. The number of ether oxygens (including phenoxy) is 1. The number of hydrogen-bond donors (Lipinski definition) is 3. The van der Waals surface area contributed by atoms with Crippen LogP contribution in [0.25, 0.3) is 10.9 Å². The fraction of sp³-hybridized carbons (Fsp3) is 0.250. The number of carbonyl (C=O) groups is 4. The molecule has 2 unspecified atom stereocenters. The lowest BCUT2D eigenvalue weighted by Gasteiger charge is -2.29. The highest BCUT2D eigenvalue weighted by atomic mass is 16.5. The van der Waals surface area contributed by atoms with E-state index in [-0.39, 0.29) is 11.8 Å². The van der Waals surface area contributed by atoms with Crippen molar-refractivity contribution in [1.29, 1.82) is 0 Å². The van der Waals surface area contributed by atoms with Crippen molar-refractivity contribution in [1.82, 2.24) is 10.3 Å². The van der Waals surface area contributed by atoms with Crippen molar-refractivity contribution < 1.29 is 23.9 Å². The summed E-state index contributed by atoms with van der Waals surface area (Å²) in [5.41, 5.74) is 4.28. The largest absolute Gasteiger partial charge is 0.427 e. The molecular formula is C32H28N4O5. The summed E-state index contributed by atoms with van der Waals surface area (Å²) in [5, 5.41) is 7.61. The minimum absolute atomic E-state index is 0.311. The monoisotopic (exact) mass is 548 g/mol. The summed E-state index contributed by atoms with van der Waals surface area (Å²) < 4.78 is 5.13. The molecule has 2 fully saturated rings. The number of H-pyrrole nitrogens is 1. The van der Waals surface area contributed by atoms with Crippen molar-refractivity contribution in [3.8, 4) is 5.75 Å². The highest BCUT2D eigenvalue weighted by Gasteiger charge is 2.70. The van der Waals surface area contributed by atoms with E-state index in [1.165, 1.54) is 11.8 Å². The first kappa shape index (κ1) is 25.2. The summed E-state index contributed by atoms with van der Waals surface area (Å²) >= 11 is 0. The molecule has 0 radical (unpaired) electrons. The quantitative estimate of drug-likeness (QED) is 0.202. The van der Waals surface area contributed by atoms with Crippen LogP contribution in [0.1, 0.15) is 29.2 Å². The minimum Gasteiger partial charge on any atom is -0.427 e. The maximum absolute atomic E-state index is 14.3. The second-order valence-electron chi connectivity index (χ2n) is 11.1. The molecule has 4 heterocycles. The zero-order valence-electron chi connectivity index (χ0n) is 22.8. The Hall–Kier alpha value is -4.76. The Morgan fingerprint density at radius 2 is 1.73 bits per heavy atom. The Labute approximate surface area is 235 Å². The van der Waals surface area contributed by atoms with Crippen LogP contribution in [0.4, 0.5) is 11.4 Å². The smallest absolute Gasteiger partial charge is 0.308 e. The van der Waals surface area contributed by atoms with Gasteiger partial charge >= 0.3 is 5.97 Å². The molecule has 3 amide bonds. The molecule has 4 atom stereocenters. The third kappa shape index (κ3) is 3.52. The first-order chi connectivity index (χ1) is 19.7. The number of carbonyl (C=O) groups excluding carboxylic acids is 4. The van der Waals surface area contributed by atoms with Crippen molar-refractivity contribution in [3.63, 3.8) is 0 Å². The SMILES string of the molecule is CC(=O)Oc1ccc(N2C(=O)[C@@H]3C(Cc4c[nH]c5ccccc45)NC4(C(=O)Nc5c4ccc(C)c5C)[C@@H]3C2=O)cc1. The van der Waals surface area contributed by atoms with E-state index in [2.05, 4.69) is 15.6 Å². The van der Waals surface area contributed by atoms with E-state index in [4.69, 9.17) is 4.74 Å². The normalized spacial score (nSPS) is 24.7. The van der Waals surface area contributed by atoms with E-state index in [1.54, 1.807) is 24.3 Å². The lowest BCUT2D eigenvalue weighted by molar-refractivity contribution is -0.132. The number of aromatic amines is 1. The zero-order chi connectivity index (χ0) is 28.6. The molecule has 3 aliphatic heterocycles. The molecule has 7 rings (SSSR count). The third-order valence-electron chi connectivity index (χ3n) is 8.89. The van der Waals surface area contributed by atoms with Crippen LogP contribution in [-0.2, 0) is 31.1 Å². The molecule has 3 N–H and O–H groups in total. The number of fused-ring (bicyclic) bond motifs is 5. The Morgan fingerprint density at radius 3 is 2.49 bits per heavy atom. The van der Waals surface area contributed by atoms with Crippen LogP contribution in [0.15, 0.2) is 66.9 Å². The van der Waals surface area contributed by atoms with Gasteiger partial charge in [-0.2, -0.15) is 0 Å². The topological polar surface area (TPSA) is 121 Å². The molecule has 0 bridgehead atoms. The second kappa shape index (κ2) is 8.87. The van der Waals surface area contributed by atoms with Gasteiger partial charge in [-0.05, 0) is 67.3 Å². The average molecular weight is 549 g/mol. The fourth-order valence-electron chi connectivity index (χ4n) is 6.92. The Balaban J connectivity index is 1.35. The van der Waals surface area contributed by atoms with Crippen molar-refractivity contribution >= 4 is 46.0 Å². The number of aryl methyl sites for hydroxylation is 1. The maximum Gasteiger partial charge on any atom is 0.308 e. The second-order valence-corrected chi connectivity index (χ2v) is 11.1. The number of para-hydroxylation sites is 1. The number of nitrogens with one attached hydrogen (secondary N) is 3. The molecule has 4 aromatic rings. The van der Waals surface area contributed by atoms with Gasteiger partial charge in [0, 0.05) is 41.3 Å². The number of rotatable bonds is 4. The Morgan fingerprint density at radius 1 is 0.976 bits per heavy atom. The Kier molecular flexibility index (Phi) is 5.46. The molecule has 0 saturated carbocycles. The molecule has 2 saturated heterocycles. The predicted octanol–water partition coefficient (Wildman–Crippen LogP) is 3.88. The van der Waals surface area contributed by atoms with Crippen LogP contribution in [0, 0.1) is 25.7 Å². The van der Waals surface area contributed by atoms with E-state index in [9.17, 15) is 19.2 Å². The first-order valence-corrected chi connectivity index (χ1v) is 13.6. The number of anilines is 2. The number of hydrogen-bond acceptors (Lipinski definition) is 6. The molecule has 0 aliphatic carbocycles. The van der Waals surface area contributed by atoms with Crippen molar-refractivity contribution in [3.05, 3.63) is 89.1 Å². The van der Waals surface area contributed by atoms with Crippen molar-refractivity contribution in [2.24, 2.45) is 11.8 Å². The minimum atomic E-state index is -1.39. The van der Waals surface area contributed by atoms with E-state index in [0.717, 1.165) is 27.6 Å². The van der Waals surface area contributed by atoms with Gasteiger partial charge in [0.25, 0.3) is 0 Å². The molecule has 1 spiro atoms. The summed E-state index contributed by atoms with van der Waals surface area (Å²) in [4.78, 5) is 58.3. The van der Waals surface area contributed by atoms with E-state index in [0.29, 0.717) is 29.1 Å². The fourth-order valence-corrected chi connectivity index (χ4v) is 6.92. The Bertz CT molecular complexity index is 1790. The summed E-state index contributed by atoms with van der Waals surface area (Å²) in [6, 6.07) is 17.5. The summed E-state index contributed by atoms with van der Waals surface area (Å²) in [5.74, 6) is -3.00. The van der Waals surface area contributed by atoms with Crippen molar-refractivity contribution in [2.45, 2.75) is 38.8 Å². The summed E-state index contributed by atoms with van der Waals surface area (Å²) in [7, 11) is 0. The van der Waals surface area contributed by atoms with E-state index >= 15 is 0 Å². The molecule has 1 aromatic heterocycles. The van der Waals surface area contributed by atoms with Crippen LogP contribution in [0.5, 0.6) is 5.75 Å². The van der Waals surface area contributed by atoms with Crippen LogP contribution >= 0.6 is 0 Å². The van der Waals surface area contributed by atoms with Crippen LogP contribution in [0.2, 0.25) is 0 Å². The lowest BCUT2D eigenvalue weighted by Crippen LogP contribution is -2.53. The average Bonchev–Trinajstić information content (AvgIpc) is 3.66. The van der Waals surface area contributed by atoms with Gasteiger partial charge in [0.05, 0.1) is 17.5 Å². The van der Waals surface area contributed by atoms with Gasteiger partial charge in [0.2, 0.25) is 17.7 Å². The summed E-state index contributed by atoms with van der Waals surface area (Å²) in [6.07, 6.45) is 2.37. The number of amides is 3. The van der Waals surface area contributed by atoms with Crippen LogP contribution in [-0.4, -0.2) is 34.7 Å². The molecule has 3 aromatic carbocycles. The van der Waals surface area contributed by atoms with Gasteiger partial charge in [-0.3, -0.25) is 24.5 Å². The number of aromatic nitrogens is 1. The van der Waals surface area contributed by atoms with Crippen LogP contribution in [0.3, 0.4) is 0 Å². The zero-order valence-corrected chi connectivity index (χ0v) is 22.8. The van der Waals surface area contributed by atoms with E-state index < -0.39 is 35.3 Å². The van der Waals surface area contributed by atoms with Crippen LogP contribution < -0.4 is 20.3 Å². The van der Waals surface area contributed by atoms with E-state index in [1.807, 2.05) is 56.4 Å². The first-order valence-electron chi connectivity index (χ1n) is 13.6. The van der Waals surface area contributed by atoms with Gasteiger partial charge in [-0.15, -0.1) is 0 Å². The van der Waals surface area contributed by atoms with Gasteiger partial charge < -0.3 is 15.0 Å². The number of imide groups is 1. The maximum atomic E-state index is 14.3. The number of nitrogens with zero attached hydrogens (tertiary/aromatic N) is 1. The molecule has 41 heavy (non-hydrogen) atoms. The van der Waals surface area contributed by atoms with Gasteiger partial charge in [-0.25, -0.2) is 4.90 Å². The van der Waals surface area contributed by atoms with Crippen molar-refractivity contribution in [2.75, 3.05) is 10.2 Å². The van der Waals surface area contributed by atoms with Gasteiger partial charge in [-0.1, -0.05) is 30.3 Å². The lowest BCUT2D eigenvalue weighted by atomic mass is 9.75. The standard InChI is InChI=1S/C32H28N4O5/c1-16-8-13-23-28(17(16)2)34-31(40)32(23)27-26(25(35-32)14-19-15-33-24-7-5-4-6-22(19)24)29(38)36(30(27)39)20-9-11-21(12-10-20)41-18(3)37/h4-13,15,25-27,33,35H,14H2,1-3H3,(H,34,40)/t25?,26-,27+,32?/m1/s1. The number of esters is 1. The molecular weight excluding hydrogens is 520 g/mol. The predicted molar refractivity (Wildman–Crippen MR) is 152 cm³/mol.